The van der Waals surface area contributed by atoms with Crippen LogP contribution in [-0.2, 0) is 44.4 Å². The number of phenols is 2. The summed E-state index contributed by atoms with van der Waals surface area (Å²) >= 11 is 0. The molecule has 2 aromatic carbocycles. The molecular formula is C37H50O20. The summed E-state index contributed by atoms with van der Waals surface area (Å²) in [4.78, 5) is 13.4. The number of carbonyl (C=O) groups is 1. The van der Waals surface area contributed by atoms with Crippen LogP contribution in [0, 0.1) is 0 Å². The Bertz CT molecular complexity index is 1640. The Hall–Kier alpha value is -3.71. The van der Waals surface area contributed by atoms with Crippen LogP contribution in [0.15, 0.2) is 42.5 Å². The Morgan fingerprint density at radius 1 is 0.702 bits per heavy atom. The van der Waals surface area contributed by atoms with Crippen LogP contribution in [0.25, 0.3) is 6.08 Å². The van der Waals surface area contributed by atoms with Gasteiger partial charge in [-0.3, -0.25) is 0 Å². The first-order valence-electron chi connectivity index (χ1n) is 18.0. The summed E-state index contributed by atoms with van der Waals surface area (Å²) in [6.45, 7) is -0.132. The minimum Gasteiger partial charge on any atom is -0.504 e. The summed E-state index contributed by atoms with van der Waals surface area (Å²) in [6, 6.07) is 8.92. The summed E-state index contributed by atoms with van der Waals surface area (Å²) in [5.41, 5.74) is 1.02. The van der Waals surface area contributed by atoms with Crippen LogP contribution in [0.3, 0.4) is 0 Å². The number of ether oxygens (including phenoxy) is 9. The molecule has 15 atom stereocenters. The zero-order valence-corrected chi connectivity index (χ0v) is 31.2. The third-order valence-corrected chi connectivity index (χ3v) is 9.77. The fourth-order valence-corrected chi connectivity index (χ4v) is 6.46. The second-order valence-electron chi connectivity index (χ2n) is 13.6. The summed E-state index contributed by atoms with van der Waals surface area (Å²) < 4.78 is 50.8. The zero-order chi connectivity index (χ0) is 41.6. The maximum atomic E-state index is 13.4. The standard InChI is InChI=1S/C37H50O20/c1-16-26(42)28(44)31(47)37(53-16)57-34-32(48)36(51-11-10-18-5-8-21(49-2)20(40)12-18)55-24(15-52-35-30(46)29(45)27(43)23(14-38)54-35)33(34)56-25(41)9-6-17-4-7-19(39)22(13-17)50-3/h4-9,12-13,16,23-24,26-40,42-48H,10-11,14-15H2,1-3H3/t16-,23+,24+,26-,27+,28+,29-,30+,31+,32+,33+,34+,35+,36+,37+/m0/s1. The minimum atomic E-state index is -1.86. The normalized spacial score (nSPS) is 35.9. The molecule has 2 aromatic rings. The van der Waals surface area contributed by atoms with Gasteiger partial charge in [-0.2, -0.15) is 0 Å². The smallest absolute Gasteiger partial charge is 0.331 e. The maximum Gasteiger partial charge on any atom is 0.331 e. The van der Waals surface area contributed by atoms with E-state index in [0.717, 1.165) is 6.08 Å². The quantitative estimate of drug-likeness (QED) is 0.0652. The molecule has 0 spiro atoms. The van der Waals surface area contributed by atoms with E-state index >= 15 is 0 Å². The number of aliphatic hydroxyl groups excluding tert-OH is 8. The second-order valence-corrected chi connectivity index (χ2v) is 13.6. The Morgan fingerprint density at radius 3 is 2.05 bits per heavy atom. The molecule has 3 aliphatic heterocycles. The van der Waals surface area contributed by atoms with E-state index in [1.54, 1.807) is 12.1 Å². The molecule has 0 aliphatic carbocycles. The van der Waals surface area contributed by atoms with Crippen molar-refractivity contribution in [2.24, 2.45) is 0 Å². The predicted molar refractivity (Wildman–Crippen MR) is 190 cm³/mol. The molecule has 57 heavy (non-hydrogen) atoms. The third-order valence-electron chi connectivity index (χ3n) is 9.77. The van der Waals surface area contributed by atoms with Gasteiger partial charge in [-0.05, 0) is 54.8 Å². The van der Waals surface area contributed by atoms with Crippen LogP contribution in [0.5, 0.6) is 23.0 Å². The lowest BCUT2D eigenvalue weighted by Crippen LogP contribution is -2.65. The molecule has 5 rings (SSSR count). The number of hydrogen-bond donors (Lipinski definition) is 10. The van der Waals surface area contributed by atoms with Gasteiger partial charge in [0.15, 0.2) is 48.0 Å². The molecule has 318 valence electrons. The molecule has 20 nitrogen and oxygen atoms in total. The maximum absolute atomic E-state index is 13.4. The number of benzene rings is 2. The molecule has 0 radical (unpaired) electrons. The van der Waals surface area contributed by atoms with Crippen molar-refractivity contribution in [1.29, 1.82) is 0 Å². The number of aliphatic hydroxyl groups is 8. The first-order valence-corrected chi connectivity index (χ1v) is 18.0. The van der Waals surface area contributed by atoms with Crippen LogP contribution in [0.2, 0.25) is 0 Å². The van der Waals surface area contributed by atoms with E-state index in [0.29, 0.717) is 11.1 Å². The lowest BCUT2D eigenvalue weighted by atomic mass is 9.96. The van der Waals surface area contributed by atoms with E-state index in [1.807, 2.05) is 0 Å². The summed E-state index contributed by atoms with van der Waals surface area (Å²) in [6.07, 6.45) is -22.0. The highest BCUT2D eigenvalue weighted by molar-refractivity contribution is 5.87. The van der Waals surface area contributed by atoms with Crippen molar-refractivity contribution < 1.29 is 98.5 Å². The van der Waals surface area contributed by atoms with Gasteiger partial charge in [-0.25, -0.2) is 4.79 Å². The lowest BCUT2D eigenvalue weighted by molar-refractivity contribution is -0.364. The van der Waals surface area contributed by atoms with Crippen LogP contribution < -0.4 is 9.47 Å². The number of carbonyl (C=O) groups excluding carboxylic acids is 1. The predicted octanol–water partition coefficient (Wildman–Crippen LogP) is -2.59. The van der Waals surface area contributed by atoms with Gasteiger partial charge >= 0.3 is 5.97 Å². The Balaban J connectivity index is 1.44. The molecule has 0 amide bonds. The first kappa shape index (κ1) is 44.4. The van der Waals surface area contributed by atoms with Crippen molar-refractivity contribution in [1.82, 2.24) is 0 Å². The summed E-state index contributed by atoms with van der Waals surface area (Å²) in [5, 5.41) is 104. The van der Waals surface area contributed by atoms with Gasteiger partial charge in [0, 0.05) is 6.08 Å². The third kappa shape index (κ3) is 10.5. The van der Waals surface area contributed by atoms with E-state index in [2.05, 4.69) is 0 Å². The summed E-state index contributed by atoms with van der Waals surface area (Å²) in [7, 11) is 2.73. The van der Waals surface area contributed by atoms with Crippen LogP contribution >= 0.6 is 0 Å². The van der Waals surface area contributed by atoms with E-state index in [4.69, 9.17) is 42.6 Å². The molecule has 3 saturated heterocycles. The largest absolute Gasteiger partial charge is 0.504 e. The lowest BCUT2D eigenvalue weighted by Gasteiger charge is -2.47. The highest BCUT2D eigenvalue weighted by Crippen LogP contribution is 2.33. The Morgan fingerprint density at radius 2 is 1.37 bits per heavy atom. The van der Waals surface area contributed by atoms with Gasteiger partial charge in [-0.15, -0.1) is 0 Å². The first-order chi connectivity index (χ1) is 27.2. The topological polar surface area (TPSA) is 302 Å². The molecular weight excluding hydrogens is 764 g/mol. The molecule has 0 aromatic heterocycles. The van der Waals surface area contributed by atoms with Gasteiger partial charge in [0.1, 0.15) is 61.0 Å². The summed E-state index contributed by atoms with van der Waals surface area (Å²) in [5.74, 6) is -0.938. The highest BCUT2D eigenvalue weighted by Gasteiger charge is 2.53. The van der Waals surface area contributed by atoms with Crippen molar-refractivity contribution >= 4 is 12.0 Å². The van der Waals surface area contributed by atoms with Crippen LogP contribution in [0.4, 0.5) is 0 Å². The van der Waals surface area contributed by atoms with Gasteiger partial charge in [0.2, 0.25) is 0 Å². The molecule has 10 N–H and O–H groups in total. The van der Waals surface area contributed by atoms with Crippen molar-refractivity contribution in [3.8, 4) is 23.0 Å². The van der Waals surface area contributed by atoms with Crippen molar-refractivity contribution in [2.75, 3.05) is 34.0 Å². The number of hydrogen-bond acceptors (Lipinski definition) is 20. The Kier molecular flexibility index (Phi) is 15.4. The Labute approximate surface area is 326 Å². The van der Waals surface area contributed by atoms with Gasteiger partial charge in [0.25, 0.3) is 0 Å². The highest BCUT2D eigenvalue weighted by atomic mass is 16.8. The monoisotopic (exact) mass is 814 g/mol. The number of rotatable bonds is 15. The van der Waals surface area contributed by atoms with Crippen molar-refractivity contribution in [2.45, 2.75) is 105 Å². The van der Waals surface area contributed by atoms with E-state index in [1.165, 1.54) is 51.5 Å². The molecule has 0 bridgehead atoms. The van der Waals surface area contributed by atoms with Gasteiger partial charge in [-0.1, -0.05) is 12.1 Å². The van der Waals surface area contributed by atoms with E-state index in [9.17, 15) is 55.9 Å². The average Bonchev–Trinajstić information content (AvgIpc) is 3.20. The van der Waals surface area contributed by atoms with Gasteiger partial charge in [0.05, 0.1) is 40.1 Å². The second kappa shape index (κ2) is 19.8. The molecule has 0 saturated carbocycles. The van der Waals surface area contributed by atoms with Crippen LogP contribution in [-0.4, -0.2) is 183 Å². The molecule has 3 fully saturated rings. The van der Waals surface area contributed by atoms with E-state index < -0.39 is 111 Å². The number of aromatic hydroxyl groups is 2. The molecule has 3 heterocycles. The minimum absolute atomic E-state index is 0.121. The van der Waals surface area contributed by atoms with Crippen LogP contribution in [0.1, 0.15) is 18.1 Å². The fourth-order valence-electron chi connectivity index (χ4n) is 6.46. The van der Waals surface area contributed by atoms with E-state index in [-0.39, 0.29) is 36.0 Å². The van der Waals surface area contributed by atoms with Crippen molar-refractivity contribution in [3.05, 3.63) is 53.6 Å². The number of phenolic OH excluding ortho intramolecular Hbond substituents is 2. The molecule has 3 aliphatic rings. The van der Waals surface area contributed by atoms with Crippen molar-refractivity contribution in [3.63, 3.8) is 0 Å². The number of esters is 1. The zero-order valence-electron chi connectivity index (χ0n) is 31.2. The fraction of sp³-hybridized carbons (Fsp3) is 0.595. The molecule has 0 unspecified atom stereocenters. The molecule has 20 heteroatoms. The number of methoxy groups -OCH3 is 2. The average molecular weight is 815 g/mol. The SMILES string of the molecule is COc1ccc(CCO[C@@H]2O[C@H](CO[C@@H]3O[C@H](CO)[C@@H](O)[C@H](O)[C@H]3O)[C@@H](OC(=O)C=Cc3ccc(O)c(OC)c3)[C@H](O[C@H]3O[C@@H](C)[C@H](O)[C@@H](O)[C@H]3O)[C@H]2O)cc1O. The van der Waals surface area contributed by atoms with Gasteiger partial charge < -0.3 is 93.7 Å².